The summed E-state index contributed by atoms with van der Waals surface area (Å²) in [4.78, 5) is 0. The van der Waals surface area contributed by atoms with Gasteiger partial charge in [-0.25, -0.2) is 0 Å². The molecule has 0 spiro atoms. The van der Waals surface area contributed by atoms with Crippen LogP contribution in [0.15, 0.2) is 48.6 Å². The number of unbranched alkanes of at least 4 members (excludes halogenated alkanes) is 18. The number of rotatable bonds is 30. The van der Waals surface area contributed by atoms with Gasteiger partial charge in [-0.05, 0) is 95.8 Å². The second-order valence-electron chi connectivity index (χ2n) is 14.5. The molecule has 2 nitrogen and oxygen atoms in total. The molecular weight excluding hydrogens is 548 g/mol. The van der Waals surface area contributed by atoms with Crippen LogP contribution in [0, 0.1) is 5.92 Å². The van der Waals surface area contributed by atoms with E-state index in [0.717, 1.165) is 31.6 Å². The predicted octanol–water partition coefficient (Wildman–Crippen LogP) is 14.3. The summed E-state index contributed by atoms with van der Waals surface area (Å²) in [7, 11) is 0. The number of hydrogen-bond donors (Lipinski definition) is 0. The van der Waals surface area contributed by atoms with E-state index in [4.69, 9.17) is 9.47 Å². The van der Waals surface area contributed by atoms with Crippen LogP contribution in [-0.2, 0) is 9.47 Å². The highest BCUT2D eigenvalue weighted by Gasteiger charge is 2.50. The summed E-state index contributed by atoms with van der Waals surface area (Å²) >= 11 is 0. The Bertz CT molecular complexity index is 713. The smallest absolute Gasteiger partial charge is 0.169 e. The molecule has 2 aliphatic rings. The molecule has 0 aromatic rings. The molecule has 1 saturated heterocycles. The van der Waals surface area contributed by atoms with E-state index in [1.165, 1.54) is 154 Å². The molecule has 0 radical (unpaired) electrons. The molecule has 2 unspecified atom stereocenters. The average Bonchev–Trinajstić information content (AvgIpc) is 3.54. The van der Waals surface area contributed by atoms with Gasteiger partial charge in [-0.1, -0.05) is 146 Å². The zero-order valence-corrected chi connectivity index (χ0v) is 30.5. The second-order valence-corrected chi connectivity index (χ2v) is 14.5. The summed E-state index contributed by atoms with van der Waals surface area (Å²) in [6, 6.07) is 0. The topological polar surface area (TPSA) is 18.5 Å². The third-order valence-electron chi connectivity index (χ3n) is 9.93. The zero-order chi connectivity index (χ0) is 32.1. The van der Waals surface area contributed by atoms with Gasteiger partial charge in [-0.3, -0.25) is 0 Å². The maximum Gasteiger partial charge on any atom is 0.169 e. The molecule has 1 aliphatic carbocycles. The van der Waals surface area contributed by atoms with Crippen molar-refractivity contribution in [1.82, 2.24) is 0 Å². The molecule has 1 heterocycles. The quantitative estimate of drug-likeness (QED) is 0.0584. The predicted molar refractivity (Wildman–Crippen MR) is 199 cm³/mol. The minimum atomic E-state index is -0.278. The van der Waals surface area contributed by atoms with Crippen molar-refractivity contribution in [2.45, 2.75) is 219 Å². The first-order chi connectivity index (χ1) is 22.2. The van der Waals surface area contributed by atoms with E-state index in [1.807, 2.05) is 0 Å². The highest BCUT2D eigenvalue weighted by molar-refractivity contribution is 4.94. The van der Waals surface area contributed by atoms with Crippen LogP contribution in [0.3, 0.4) is 0 Å². The van der Waals surface area contributed by atoms with E-state index in [0.29, 0.717) is 12.2 Å². The Hall–Kier alpha value is -1.12. The molecule has 0 N–H and O–H groups in total. The van der Waals surface area contributed by atoms with Crippen LogP contribution < -0.4 is 0 Å². The van der Waals surface area contributed by atoms with Crippen LogP contribution in [0.1, 0.15) is 201 Å². The minimum Gasteiger partial charge on any atom is -0.344 e. The number of ether oxygens (including phenoxy) is 2. The molecule has 2 heteroatoms. The van der Waals surface area contributed by atoms with Crippen LogP contribution in [0.4, 0.5) is 0 Å². The van der Waals surface area contributed by atoms with Gasteiger partial charge in [0.15, 0.2) is 5.79 Å². The molecule has 0 bridgehead atoms. The van der Waals surface area contributed by atoms with Gasteiger partial charge in [0, 0.05) is 12.8 Å². The van der Waals surface area contributed by atoms with Crippen LogP contribution in [0.5, 0.6) is 0 Å². The molecule has 0 aromatic heterocycles. The number of hydrogen-bond acceptors (Lipinski definition) is 2. The van der Waals surface area contributed by atoms with Crippen molar-refractivity contribution >= 4 is 0 Å². The van der Waals surface area contributed by atoms with Gasteiger partial charge in [0.2, 0.25) is 0 Å². The molecule has 2 atom stereocenters. The maximum atomic E-state index is 6.74. The summed E-state index contributed by atoms with van der Waals surface area (Å²) in [6.07, 6.45) is 55.4. The van der Waals surface area contributed by atoms with Gasteiger partial charge in [0.25, 0.3) is 0 Å². The van der Waals surface area contributed by atoms with Gasteiger partial charge in [0.1, 0.15) is 0 Å². The first-order valence-corrected chi connectivity index (χ1v) is 20.1. The van der Waals surface area contributed by atoms with Gasteiger partial charge >= 0.3 is 0 Å². The standard InChI is InChI=1S/C43H76O2/c1-4-6-8-10-12-14-16-18-20-22-24-26-28-30-32-34-36-43(44-41-38-40(3)39-42(41)45-43)37-35-33-31-29-27-25-23-21-19-17-15-13-11-9-7-5-2/h12-15,18-21,40-42H,4-11,16-17,22-39H2,1-3H3/b14-12-,15-13-,20-18-,21-19-. The molecule has 45 heavy (non-hydrogen) atoms. The van der Waals surface area contributed by atoms with Crippen LogP contribution in [-0.4, -0.2) is 18.0 Å². The molecule has 260 valence electrons. The Morgan fingerprint density at radius 3 is 1.16 bits per heavy atom. The monoisotopic (exact) mass is 625 g/mol. The van der Waals surface area contributed by atoms with Crippen molar-refractivity contribution in [3.63, 3.8) is 0 Å². The van der Waals surface area contributed by atoms with Crippen molar-refractivity contribution in [3.8, 4) is 0 Å². The fraction of sp³-hybridized carbons (Fsp3) is 0.814. The van der Waals surface area contributed by atoms with Gasteiger partial charge in [0.05, 0.1) is 12.2 Å². The largest absolute Gasteiger partial charge is 0.344 e. The normalized spacial score (nSPS) is 21.4. The Labute approximate surface area is 282 Å². The van der Waals surface area contributed by atoms with Crippen LogP contribution in [0.25, 0.3) is 0 Å². The summed E-state index contributed by atoms with van der Waals surface area (Å²) < 4.78 is 13.5. The van der Waals surface area contributed by atoms with Crippen molar-refractivity contribution in [2.24, 2.45) is 5.92 Å². The van der Waals surface area contributed by atoms with Crippen molar-refractivity contribution < 1.29 is 9.47 Å². The molecule has 0 aromatic carbocycles. The van der Waals surface area contributed by atoms with E-state index in [1.54, 1.807) is 0 Å². The zero-order valence-electron chi connectivity index (χ0n) is 30.5. The Balaban J connectivity index is 1.50. The van der Waals surface area contributed by atoms with Gasteiger partial charge < -0.3 is 9.47 Å². The highest BCUT2D eigenvalue weighted by atomic mass is 16.8. The van der Waals surface area contributed by atoms with E-state index >= 15 is 0 Å². The lowest BCUT2D eigenvalue weighted by atomic mass is 9.98. The van der Waals surface area contributed by atoms with E-state index in [9.17, 15) is 0 Å². The lowest BCUT2D eigenvalue weighted by Crippen LogP contribution is -2.32. The number of allylic oxidation sites excluding steroid dienone is 8. The fourth-order valence-electron chi connectivity index (χ4n) is 7.15. The highest BCUT2D eigenvalue weighted by Crippen LogP contribution is 2.45. The number of fused-ring (bicyclic) bond motifs is 1. The van der Waals surface area contributed by atoms with E-state index in [2.05, 4.69) is 69.4 Å². The second kappa shape index (κ2) is 27.9. The SMILES string of the molecule is CCCCC/C=C\C/C=C\CCCCCCCCC1(CCCCCCCC/C=C\C/C=C\CCCCC)OC2CC(C)CC2O1. The Morgan fingerprint density at radius 1 is 0.444 bits per heavy atom. The summed E-state index contributed by atoms with van der Waals surface area (Å²) in [5, 5.41) is 0. The first kappa shape index (κ1) is 40.1. The van der Waals surface area contributed by atoms with Gasteiger partial charge in [-0.15, -0.1) is 0 Å². The lowest BCUT2D eigenvalue weighted by Gasteiger charge is -2.30. The van der Waals surface area contributed by atoms with E-state index in [-0.39, 0.29) is 5.79 Å². The molecule has 1 aliphatic heterocycles. The molecule has 2 fully saturated rings. The minimum absolute atomic E-state index is 0.278. The van der Waals surface area contributed by atoms with E-state index < -0.39 is 0 Å². The maximum absolute atomic E-state index is 6.74. The van der Waals surface area contributed by atoms with Gasteiger partial charge in [-0.2, -0.15) is 0 Å². The molecular formula is C43H76O2. The van der Waals surface area contributed by atoms with Crippen molar-refractivity contribution in [1.29, 1.82) is 0 Å². The van der Waals surface area contributed by atoms with Crippen LogP contribution in [0.2, 0.25) is 0 Å². The summed E-state index contributed by atoms with van der Waals surface area (Å²) in [6.45, 7) is 6.90. The molecule has 1 saturated carbocycles. The summed E-state index contributed by atoms with van der Waals surface area (Å²) in [5.74, 6) is 0.474. The first-order valence-electron chi connectivity index (χ1n) is 20.1. The Kier molecular flexibility index (Phi) is 24.9. The molecule has 0 amide bonds. The fourth-order valence-corrected chi connectivity index (χ4v) is 7.15. The van der Waals surface area contributed by atoms with Crippen LogP contribution >= 0.6 is 0 Å². The third kappa shape index (κ3) is 20.7. The molecule has 2 rings (SSSR count). The Morgan fingerprint density at radius 2 is 0.778 bits per heavy atom. The lowest BCUT2D eigenvalue weighted by molar-refractivity contribution is -0.192. The van der Waals surface area contributed by atoms with Crippen molar-refractivity contribution in [3.05, 3.63) is 48.6 Å². The van der Waals surface area contributed by atoms with Crippen molar-refractivity contribution in [2.75, 3.05) is 0 Å². The third-order valence-corrected chi connectivity index (χ3v) is 9.93. The summed E-state index contributed by atoms with van der Waals surface area (Å²) in [5.41, 5.74) is 0. The average molecular weight is 625 g/mol.